The number of carbonyl (C=O) groups is 2. The lowest BCUT2D eigenvalue weighted by Crippen LogP contribution is -2.52. The molecule has 1 N–H and O–H groups in total. The first kappa shape index (κ1) is 29.8. The number of oxazole rings is 1. The summed E-state index contributed by atoms with van der Waals surface area (Å²) in [6, 6.07) is 7.49. The first-order chi connectivity index (χ1) is 21.0. The SMILES string of the molecule is COc1ccccc1C(Cn1c(=O)n(C(C)(C)C(=O)O)c(=O)c2c(C)c(-c3ncco3)sc21)OC1CCN2C(=O)CCC2C1. The number of aromatic nitrogens is 3. The molecule has 0 saturated carbocycles. The highest BCUT2D eigenvalue weighted by Crippen LogP contribution is 2.38. The Morgan fingerprint density at radius 1 is 1.23 bits per heavy atom. The summed E-state index contributed by atoms with van der Waals surface area (Å²) in [5, 5.41) is 10.3. The maximum atomic E-state index is 14.3. The van der Waals surface area contributed by atoms with Gasteiger partial charge in [0, 0.05) is 24.6 Å². The van der Waals surface area contributed by atoms with Crippen LogP contribution in [-0.2, 0) is 26.4 Å². The first-order valence-corrected chi connectivity index (χ1v) is 15.3. The summed E-state index contributed by atoms with van der Waals surface area (Å²) in [5.74, 6) is -0.292. The fourth-order valence-electron chi connectivity index (χ4n) is 6.35. The molecule has 12 nitrogen and oxygen atoms in total. The number of hydrogen-bond donors (Lipinski definition) is 1. The standard InChI is InChI=1S/C31H34N4O8S/c1-17-24-27(37)35(31(2,3)29(38)39)30(40)34(28(24)44-25(17)26-32-12-14-42-26)16-22(20-7-5-6-8-21(20)41-4)43-19-11-13-33-18(15-19)9-10-23(33)36/h5-8,12,14,18-19,22H,9-11,13,15-16H2,1-4H3,(H,38,39). The van der Waals surface area contributed by atoms with Crippen molar-refractivity contribution in [1.82, 2.24) is 19.0 Å². The third-order valence-corrected chi connectivity index (χ3v) is 10.1. The van der Waals surface area contributed by atoms with Crippen molar-refractivity contribution in [2.24, 2.45) is 0 Å². The Kier molecular flexibility index (Phi) is 7.70. The number of carboxylic acid groups (broad SMARTS) is 1. The molecule has 0 spiro atoms. The number of aryl methyl sites for hydroxylation is 1. The number of amides is 1. The Balaban J connectivity index is 1.52. The summed E-state index contributed by atoms with van der Waals surface area (Å²) < 4.78 is 20.2. The van der Waals surface area contributed by atoms with Crippen molar-refractivity contribution in [3.8, 4) is 16.5 Å². The molecular weight excluding hydrogens is 588 g/mol. The van der Waals surface area contributed by atoms with Crippen molar-refractivity contribution in [2.75, 3.05) is 13.7 Å². The predicted octanol–water partition coefficient (Wildman–Crippen LogP) is 3.93. The van der Waals surface area contributed by atoms with Crippen LogP contribution in [0.4, 0.5) is 0 Å². The Morgan fingerprint density at radius 2 is 2.00 bits per heavy atom. The van der Waals surface area contributed by atoms with E-state index in [0.29, 0.717) is 58.3 Å². The van der Waals surface area contributed by atoms with Crippen LogP contribution in [0.15, 0.2) is 50.7 Å². The van der Waals surface area contributed by atoms with Gasteiger partial charge in [-0.1, -0.05) is 18.2 Å². The Labute approximate surface area is 256 Å². The molecule has 2 fully saturated rings. The molecule has 13 heteroatoms. The number of nitrogens with zero attached hydrogens (tertiary/aromatic N) is 4. The van der Waals surface area contributed by atoms with E-state index in [-0.39, 0.29) is 30.0 Å². The van der Waals surface area contributed by atoms with Crippen molar-refractivity contribution in [3.63, 3.8) is 0 Å². The zero-order valence-corrected chi connectivity index (χ0v) is 25.8. The topological polar surface area (TPSA) is 146 Å². The molecule has 2 aliphatic rings. The first-order valence-electron chi connectivity index (χ1n) is 14.5. The number of thiophene rings is 1. The molecular formula is C31H34N4O8S. The molecule has 2 aliphatic heterocycles. The van der Waals surface area contributed by atoms with Crippen LogP contribution < -0.4 is 16.0 Å². The van der Waals surface area contributed by atoms with Crippen molar-refractivity contribution in [1.29, 1.82) is 0 Å². The van der Waals surface area contributed by atoms with E-state index in [1.54, 1.807) is 14.0 Å². The highest BCUT2D eigenvalue weighted by Gasteiger charge is 2.39. The number of para-hydroxylation sites is 1. The van der Waals surface area contributed by atoms with Gasteiger partial charge in [0.1, 0.15) is 28.5 Å². The maximum absolute atomic E-state index is 14.3. The fourth-order valence-corrected chi connectivity index (χ4v) is 7.60. The normalized spacial score (nSPS) is 19.4. The molecule has 3 atom stereocenters. The molecule has 3 aromatic heterocycles. The third kappa shape index (κ3) is 4.93. The molecule has 3 unspecified atom stereocenters. The molecule has 2 saturated heterocycles. The van der Waals surface area contributed by atoms with Crippen LogP contribution in [0.2, 0.25) is 0 Å². The van der Waals surface area contributed by atoms with Gasteiger partial charge < -0.3 is 23.9 Å². The second kappa shape index (κ2) is 11.4. The lowest BCUT2D eigenvalue weighted by molar-refractivity contribution is -0.146. The quantitative estimate of drug-likeness (QED) is 0.293. The maximum Gasteiger partial charge on any atom is 0.333 e. The minimum Gasteiger partial charge on any atom is -0.496 e. The molecule has 1 aromatic carbocycles. The number of piperidine rings is 1. The number of rotatable bonds is 9. The van der Waals surface area contributed by atoms with Gasteiger partial charge in [-0.2, -0.15) is 0 Å². The Hall–Kier alpha value is -4.23. The number of carbonyl (C=O) groups excluding carboxylic acids is 1. The summed E-state index contributed by atoms with van der Waals surface area (Å²) in [7, 11) is 1.56. The molecule has 1 amide bonds. The number of carboxylic acids is 1. The van der Waals surface area contributed by atoms with E-state index in [1.165, 1.54) is 42.2 Å². The van der Waals surface area contributed by atoms with Crippen LogP contribution in [0.3, 0.4) is 0 Å². The van der Waals surface area contributed by atoms with Gasteiger partial charge in [0.25, 0.3) is 5.56 Å². The van der Waals surface area contributed by atoms with Crippen molar-refractivity contribution < 1.29 is 28.6 Å². The van der Waals surface area contributed by atoms with E-state index in [2.05, 4.69) is 4.98 Å². The predicted molar refractivity (Wildman–Crippen MR) is 162 cm³/mol. The van der Waals surface area contributed by atoms with Crippen molar-refractivity contribution in [3.05, 3.63) is 68.7 Å². The average molecular weight is 623 g/mol. The number of hydrogen-bond acceptors (Lipinski definition) is 9. The number of ether oxygens (including phenoxy) is 2. The molecule has 4 aromatic rings. The van der Waals surface area contributed by atoms with Crippen LogP contribution in [-0.4, -0.2) is 61.8 Å². The van der Waals surface area contributed by atoms with Crippen LogP contribution in [0.5, 0.6) is 5.75 Å². The minimum atomic E-state index is -1.84. The summed E-state index contributed by atoms with van der Waals surface area (Å²) in [5.41, 5.74) is -2.07. The summed E-state index contributed by atoms with van der Waals surface area (Å²) in [6.07, 6.45) is 4.64. The van der Waals surface area contributed by atoms with Crippen LogP contribution >= 0.6 is 11.3 Å². The van der Waals surface area contributed by atoms with Gasteiger partial charge in [0.2, 0.25) is 11.8 Å². The summed E-state index contributed by atoms with van der Waals surface area (Å²) in [6.45, 7) is 4.96. The van der Waals surface area contributed by atoms with E-state index >= 15 is 0 Å². The van der Waals surface area contributed by atoms with Gasteiger partial charge >= 0.3 is 11.7 Å². The van der Waals surface area contributed by atoms with E-state index < -0.39 is 28.9 Å². The number of methoxy groups -OCH3 is 1. The lowest BCUT2D eigenvalue weighted by atomic mass is 9.99. The number of fused-ring (bicyclic) bond motifs is 2. The fraction of sp³-hybridized carbons (Fsp3) is 0.452. The zero-order chi connectivity index (χ0) is 31.3. The van der Waals surface area contributed by atoms with E-state index in [1.807, 2.05) is 29.2 Å². The minimum absolute atomic E-state index is 0.0273. The van der Waals surface area contributed by atoms with Gasteiger partial charge in [-0.15, -0.1) is 11.3 Å². The van der Waals surface area contributed by atoms with E-state index in [4.69, 9.17) is 13.9 Å². The Bertz CT molecular complexity index is 1850. The number of benzene rings is 1. The number of aliphatic carboxylic acids is 1. The molecule has 0 radical (unpaired) electrons. The van der Waals surface area contributed by atoms with Crippen LogP contribution in [0.25, 0.3) is 21.0 Å². The molecule has 5 heterocycles. The largest absolute Gasteiger partial charge is 0.496 e. The molecule has 44 heavy (non-hydrogen) atoms. The van der Waals surface area contributed by atoms with Crippen molar-refractivity contribution in [2.45, 2.75) is 76.8 Å². The summed E-state index contributed by atoms with van der Waals surface area (Å²) in [4.78, 5) is 59.9. The lowest BCUT2D eigenvalue weighted by Gasteiger charge is -2.37. The van der Waals surface area contributed by atoms with Crippen LogP contribution in [0, 0.1) is 6.92 Å². The third-order valence-electron chi connectivity index (χ3n) is 8.79. The summed E-state index contributed by atoms with van der Waals surface area (Å²) >= 11 is 1.19. The van der Waals surface area contributed by atoms with Gasteiger partial charge in [0.05, 0.1) is 36.2 Å². The second-order valence-corrected chi connectivity index (χ2v) is 12.8. The monoisotopic (exact) mass is 622 g/mol. The van der Waals surface area contributed by atoms with E-state index in [0.717, 1.165) is 11.0 Å². The van der Waals surface area contributed by atoms with E-state index in [9.17, 15) is 24.3 Å². The Morgan fingerprint density at radius 3 is 2.70 bits per heavy atom. The van der Waals surface area contributed by atoms with Gasteiger partial charge in [0.15, 0.2) is 0 Å². The second-order valence-electron chi connectivity index (χ2n) is 11.8. The van der Waals surface area contributed by atoms with Gasteiger partial charge in [-0.05, 0) is 51.7 Å². The smallest absolute Gasteiger partial charge is 0.333 e. The average Bonchev–Trinajstić information content (AvgIpc) is 3.74. The molecule has 232 valence electrons. The van der Waals surface area contributed by atoms with Crippen molar-refractivity contribution >= 4 is 33.4 Å². The molecule has 6 rings (SSSR count). The van der Waals surface area contributed by atoms with Gasteiger partial charge in [-0.3, -0.25) is 14.2 Å². The van der Waals surface area contributed by atoms with Crippen LogP contribution in [0.1, 0.15) is 56.8 Å². The highest BCUT2D eigenvalue weighted by atomic mass is 32.1. The highest BCUT2D eigenvalue weighted by molar-refractivity contribution is 7.22. The molecule has 0 bridgehead atoms. The zero-order valence-electron chi connectivity index (χ0n) is 24.9. The van der Waals surface area contributed by atoms with Gasteiger partial charge in [-0.25, -0.2) is 19.1 Å². The molecule has 0 aliphatic carbocycles.